The number of fused-ring (bicyclic) bond motifs is 1. The van der Waals surface area contributed by atoms with Gasteiger partial charge >= 0.3 is 6.09 Å². The number of aliphatic hydroxyl groups is 1. The van der Waals surface area contributed by atoms with E-state index in [0.29, 0.717) is 12.0 Å². The molecule has 5 heteroatoms. The van der Waals surface area contributed by atoms with Crippen LogP contribution in [0.5, 0.6) is 0 Å². The van der Waals surface area contributed by atoms with Gasteiger partial charge < -0.3 is 15.2 Å². The molecule has 110 valence electrons. The van der Waals surface area contributed by atoms with Gasteiger partial charge in [0.15, 0.2) is 6.17 Å². The van der Waals surface area contributed by atoms with E-state index in [-0.39, 0.29) is 0 Å². The molecule has 1 aromatic rings. The zero-order valence-electron chi connectivity index (χ0n) is 11.9. The SMILES string of the molecule is CC(C)(C)OC(=O)N[C@@H]1Cc2ccccc2[C@H](F)[C@H]1O. The highest BCUT2D eigenvalue weighted by Crippen LogP contribution is 2.33. The Morgan fingerprint density at radius 1 is 1.40 bits per heavy atom. The first-order valence-electron chi connectivity index (χ1n) is 6.67. The van der Waals surface area contributed by atoms with Gasteiger partial charge in [-0.25, -0.2) is 9.18 Å². The van der Waals surface area contributed by atoms with Crippen LogP contribution in [0.2, 0.25) is 0 Å². The van der Waals surface area contributed by atoms with Crippen molar-refractivity contribution < 1.29 is 19.0 Å². The molecule has 1 aliphatic rings. The minimum absolute atomic E-state index is 0.386. The predicted octanol–water partition coefficient (Wildman–Crippen LogP) is 2.51. The van der Waals surface area contributed by atoms with Crippen LogP contribution in [0.25, 0.3) is 0 Å². The van der Waals surface area contributed by atoms with Crippen molar-refractivity contribution in [3.63, 3.8) is 0 Å². The first-order chi connectivity index (χ1) is 9.28. The van der Waals surface area contributed by atoms with Crippen LogP contribution in [-0.4, -0.2) is 28.9 Å². The number of carbonyl (C=O) groups excluding carboxylic acids is 1. The van der Waals surface area contributed by atoms with Crippen LogP contribution in [-0.2, 0) is 11.2 Å². The lowest BCUT2D eigenvalue weighted by Crippen LogP contribution is -2.50. The molecule has 4 nitrogen and oxygen atoms in total. The van der Waals surface area contributed by atoms with E-state index in [0.717, 1.165) is 5.56 Å². The van der Waals surface area contributed by atoms with Gasteiger partial charge in [-0.3, -0.25) is 0 Å². The van der Waals surface area contributed by atoms with Crippen LogP contribution in [0.1, 0.15) is 38.1 Å². The summed E-state index contributed by atoms with van der Waals surface area (Å²) in [5, 5.41) is 12.5. The Kier molecular flexibility index (Phi) is 3.99. The van der Waals surface area contributed by atoms with Gasteiger partial charge in [0.05, 0.1) is 6.04 Å². The molecule has 1 aliphatic carbocycles. The van der Waals surface area contributed by atoms with Gasteiger partial charge in [-0.15, -0.1) is 0 Å². The van der Waals surface area contributed by atoms with Crippen LogP contribution >= 0.6 is 0 Å². The molecule has 0 unspecified atom stereocenters. The summed E-state index contributed by atoms with van der Waals surface area (Å²) in [6.07, 6.45) is -3.03. The third kappa shape index (κ3) is 3.28. The Morgan fingerprint density at radius 2 is 2.05 bits per heavy atom. The zero-order chi connectivity index (χ0) is 14.9. The number of halogens is 1. The van der Waals surface area contributed by atoms with Gasteiger partial charge in [-0.05, 0) is 38.3 Å². The molecule has 20 heavy (non-hydrogen) atoms. The molecule has 0 bridgehead atoms. The number of ether oxygens (including phenoxy) is 1. The molecule has 2 rings (SSSR count). The standard InChI is InChI=1S/C15H20FNO3/c1-15(2,3)20-14(19)17-11-8-9-6-4-5-7-10(9)12(16)13(11)18/h4-7,11-13,18H,8H2,1-3H3,(H,17,19)/t11-,12+,13+/m1/s1. The maximum absolute atomic E-state index is 14.2. The first kappa shape index (κ1) is 14.8. The fraction of sp³-hybridized carbons (Fsp3) is 0.533. The van der Waals surface area contributed by atoms with E-state index in [2.05, 4.69) is 5.32 Å². The summed E-state index contributed by atoms with van der Waals surface area (Å²) in [5.41, 5.74) is 0.657. The highest BCUT2D eigenvalue weighted by atomic mass is 19.1. The molecule has 2 N–H and O–H groups in total. The van der Waals surface area contributed by atoms with Crippen LogP contribution in [0, 0.1) is 0 Å². The molecular formula is C15H20FNO3. The summed E-state index contributed by atoms with van der Waals surface area (Å²) in [5.74, 6) is 0. The smallest absolute Gasteiger partial charge is 0.407 e. The van der Waals surface area contributed by atoms with Crippen molar-refractivity contribution in [1.82, 2.24) is 5.32 Å². The van der Waals surface area contributed by atoms with Crippen LogP contribution in [0.4, 0.5) is 9.18 Å². The first-order valence-corrected chi connectivity index (χ1v) is 6.67. The van der Waals surface area contributed by atoms with Crippen LogP contribution < -0.4 is 5.32 Å². The average Bonchev–Trinajstić information content (AvgIpc) is 2.33. The summed E-state index contributed by atoms with van der Waals surface area (Å²) >= 11 is 0. The molecule has 0 fully saturated rings. The zero-order valence-corrected chi connectivity index (χ0v) is 11.9. The lowest BCUT2D eigenvalue weighted by Gasteiger charge is -2.33. The van der Waals surface area contributed by atoms with Crippen molar-refractivity contribution in [3.05, 3.63) is 35.4 Å². The van der Waals surface area contributed by atoms with Gasteiger partial charge in [-0.1, -0.05) is 24.3 Å². The largest absolute Gasteiger partial charge is 0.444 e. The van der Waals surface area contributed by atoms with Crippen molar-refractivity contribution in [2.75, 3.05) is 0 Å². The molecule has 0 aromatic heterocycles. The topological polar surface area (TPSA) is 58.6 Å². The number of amides is 1. The van der Waals surface area contributed by atoms with Gasteiger partial charge in [-0.2, -0.15) is 0 Å². The van der Waals surface area contributed by atoms with Crippen LogP contribution in [0.15, 0.2) is 24.3 Å². The van der Waals surface area contributed by atoms with Crippen LogP contribution in [0.3, 0.4) is 0 Å². The number of hydrogen-bond acceptors (Lipinski definition) is 3. The number of alkyl carbamates (subject to hydrolysis) is 1. The number of nitrogens with one attached hydrogen (secondary N) is 1. The highest BCUT2D eigenvalue weighted by molar-refractivity contribution is 5.68. The Morgan fingerprint density at radius 3 is 2.70 bits per heavy atom. The van der Waals surface area contributed by atoms with Gasteiger partial charge in [0.1, 0.15) is 11.7 Å². The summed E-state index contributed by atoms with van der Waals surface area (Å²) < 4.78 is 19.3. The van der Waals surface area contributed by atoms with E-state index in [9.17, 15) is 14.3 Å². The lowest BCUT2D eigenvalue weighted by atomic mass is 9.85. The number of hydrogen-bond donors (Lipinski definition) is 2. The fourth-order valence-corrected chi connectivity index (χ4v) is 2.33. The molecule has 0 heterocycles. The summed E-state index contributed by atoms with van der Waals surface area (Å²) in [4.78, 5) is 11.7. The third-order valence-electron chi connectivity index (χ3n) is 3.21. The predicted molar refractivity (Wildman–Crippen MR) is 73.2 cm³/mol. The van der Waals surface area contributed by atoms with Gasteiger partial charge in [0.25, 0.3) is 0 Å². The molecule has 0 aliphatic heterocycles. The second kappa shape index (κ2) is 5.40. The van der Waals surface area contributed by atoms with E-state index in [1.165, 1.54) is 0 Å². The normalized spacial score (nSPS) is 25.8. The highest BCUT2D eigenvalue weighted by Gasteiger charge is 2.37. The fourth-order valence-electron chi connectivity index (χ4n) is 2.33. The maximum Gasteiger partial charge on any atom is 0.407 e. The Balaban J connectivity index is 2.09. The molecule has 1 aromatic carbocycles. The van der Waals surface area contributed by atoms with E-state index in [1.54, 1.807) is 39.0 Å². The molecule has 0 saturated carbocycles. The number of aliphatic hydroxyl groups excluding tert-OH is 1. The number of rotatable bonds is 1. The number of benzene rings is 1. The van der Waals surface area contributed by atoms with Crippen molar-refractivity contribution in [2.45, 2.75) is 51.1 Å². The van der Waals surface area contributed by atoms with E-state index in [1.807, 2.05) is 6.07 Å². The second-order valence-electron chi connectivity index (χ2n) is 6.05. The molecular weight excluding hydrogens is 261 g/mol. The Labute approximate surface area is 117 Å². The minimum Gasteiger partial charge on any atom is -0.444 e. The summed E-state index contributed by atoms with van der Waals surface area (Å²) in [6, 6.07) is 6.33. The summed E-state index contributed by atoms with van der Waals surface area (Å²) in [6.45, 7) is 5.24. The quantitative estimate of drug-likeness (QED) is 0.831. The molecule has 3 atom stereocenters. The molecule has 0 radical (unpaired) electrons. The summed E-state index contributed by atoms with van der Waals surface area (Å²) in [7, 11) is 0. The Hall–Kier alpha value is -1.62. The van der Waals surface area contributed by atoms with E-state index in [4.69, 9.17) is 4.74 Å². The number of carbonyl (C=O) groups is 1. The van der Waals surface area contributed by atoms with Crippen molar-refractivity contribution >= 4 is 6.09 Å². The number of alkyl halides is 1. The molecule has 1 amide bonds. The molecule has 0 spiro atoms. The van der Waals surface area contributed by atoms with Gasteiger partial charge in [0, 0.05) is 0 Å². The van der Waals surface area contributed by atoms with E-state index < -0.39 is 30.0 Å². The Bertz CT molecular complexity index is 498. The van der Waals surface area contributed by atoms with Crippen molar-refractivity contribution in [1.29, 1.82) is 0 Å². The third-order valence-corrected chi connectivity index (χ3v) is 3.21. The average molecular weight is 281 g/mol. The lowest BCUT2D eigenvalue weighted by molar-refractivity contribution is 0.0184. The molecule has 0 saturated heterocycles. The second-order valence-corrected chi connectivity index (χ2v) is 6.05. The van der Waals surface area contributed by atoms with Crippen molar-refractivity contribution in [2.24, 2.45) is 0 Å². The van der Waals surface area contributed by atoms with E-state index >= 15 is 0 Å². The monoisotopic (exact) mass is 281 g/mol. The maximum atomic E-state index is 14.2. The van der Waals surface area contributed by atoms with Gasteiger partial charge in [0.2, 0.25) is 0 Å². The van der Waals surface area contributed by atoms with Crippen molar-refractivity contribution in [3.8, 4) is 0 Å². The minimum atomic E-state index is -1.50.